The highest BCUT2D eigenvalue weighted by Crippen LogP contribution is 2.35. The number of hydrogen-bond acceptors (Lipinski definition) is 2. The molecule has 0 atom stereocenters. The van der Waals surface area contributed by atoms with Gasteiger partial charge in [0.25, 0.3) is 0 Å². The van der Waals surface area contributed by atoms with Gasteiger partial charge < -0.3 is 10.1 Å². The van der Waals surface area contributed by atoms with Gasteiger partial charge in [-0.05, 0) is 17.7 Å². The smallest absolute Gasteiger partial charge is 0.375 e. The first-order valence-electron chi connectivity index (χ1n) is 5.48. The molecule has 18 heavy (non-hydrogen) atoms. The monoisotopic (exact) mass is 279 g/mol. The predicted molar refractivity (Wildman–Crippen MR) is 62.8 cm³/mol. The van der Waals surface area contributed by atoms with Crippen molar-refractivity contribution in [2.75, 3.05) is 20.2 Å². The number of nitrogens with one attached hydrogen (secondary N) is 1. The lowest BCUT2D eigenvalue weighted by atomic mass is 9.88. The maximum Gasteiger partial charge on any atom is 0.417 e. The lowest BCUT2D eigenvalue weighted by Crippen LogP contribution is -2.61. The highest BCUT2D eigenvalue weighted by atomic mass is 35.5. The molecule has 1 heterocycles. The Balaban J connectivity index is 2.19. The summed E-state index contributed by atoms with van der Waals surface area (Å²) in [6.45, 7) is 1.39. The van der Waals surface area contributed by atoms with Gasteiger partial charge >= 0.3 is 6.18 Å². The minimum absolute atomic E-state index is 0.265. The minimum Gasteiger partial charge on any atom is -0.375 e. The molecule has 1 fully saturated rings. The largest absolute Gasteiger partial charge is 0.417 e. The Bertz CT molecular complexity index is 438. The molecule has 1 N–H and O–H groups in total. The molecule has 0 aromatic heterocycles. The maximum atomic E-state index is 12.5. The van der Waals surface area contributed by atoms with Crippen LogP contribution >= 0.6 is 11.6 Å². The van der Waals surface area contributed by atoms with Gasteiger partial charge in [-0.2, -0.15) is 13.2 Å². The zero-order valence-corrected chi connectivity index (χ0v) is 10.5. The van der Waals surface area contributed by atoms with E-state index in [1.165, 1.54) is 12.1 Å². The Morgan fingerprint density at radius 2 is 2.06 bits per heavy atom. The molecule has 0 unspecified atom stereocenters. The molecule has 0 spiro atoms. The average Bonchev–Trinajstić information content (AvgIpc) is 2.21. The van der Waals surface area contributed by atoms with Gasteiger partial charge in [0.15, 0.2) is 0 Å². The average molecular weight is 280 g/mol. The fourth-order valence-corrected chi connectivity index (χ4v) is 2.33. The van der Waals surface area contributed by atoms with E-state index >= 15 is 0 Å². The SMILES string of the molecule is COC1(Cc2ccc(C(F)(F)F)c(Cl)c2)CNC1. The van der Waals surface area contributed by atoms with Gasteiger partial charge in [-0.3, -0.25) is 0 Å². The third-order valence-electron chi connectivity index (χ3n) is 3.19. The van der Waals surface area contributed by atoms with Crippen LogP contribution in [-0.4, -0.2) is 25.8 Å². The number of methoxy groups -OCH3 is 1. The first kappa shape index (κ1) is 13.6. The number of alkyl halides is 3. The third kappa shape index (κ3) is 2.63. The van der Waals surface area contributed by atoms with Crippen molar-refractivity contribution in [3.8, 4) is 0 Å². The number of halogens is 4. The summed E-state index contributed by atoms with van der Waals surface area (Å²) in [5, 5.41) is 2.82. The molecule has 0 bridgehead atoms. The van der Waals surface area contributed by atoms with Crippen LogP contribution in [0.15, 0.2) is 18.2 Å². The second-order valence-electron chi connectivity index (χ2n) is 4.48. The summed E-state index contributed by atoms with van der Waals surface area (Å²) < 4.78 is 43.0. The Morgan fingerprint density at radius 1 is 1.39 bits per heavy atom. The molecule has 1 saturated heterocycles. The van der Waals surface area contributed by atoms with Crippen LogP contribution in [0.2, 0.25) is 5.02 Å². The highest BCUT2D eigenvalue weighted by molar-refractivity contribution is 6.31. The molecule has 1 aromatic carbocycles. The molecule has 100 valence electrons. The van der Waals surface area contributed by atoms with Crippen molar-refractivity contribution in [1.29, 1.82) is 0 Å². The van der Waals surface area contributed by atoms with Crippen LogP contribution in [0, 0.1) is 0 Å². The molecule has 1 aromatic rings. The molecular formula is C12H13ClF3NO. The summed E-state index contributed by atoms with van der Waals surface area (Å²) in [6.07, 6.45) is -3.86. The van der Waals surface area contributed by atoms with Crippen LogP contribution < -0.4 is 5.32 Å². The van der Waals surface area contributed by atoms with Crippen LogP contribution in [-0.2, 0) is 17.3 Å². The van der Waals surface area contributed by atoms with Crippen LogP contribution in [0.5, 0.6) is 0 Å². The number of ether oxygens (including phenoxy) is 1. The van der Waals surface area contributed by atoms with E-state index in [0.717, 1.165) is 11.6 Å². The summed E-state index contributed by atoms with van der Waals surface area (Å²) in [6, 6.07) is 3.84. The fourth-order valence-electron chi connectivity index (χ4n) is 2.02. The van der Waals surface area contributed by atoms with Crippen LogP contribution in [0.3, 0.4) is 0 Å². The maximum absolute atomic E-state index is 12.5. The summed E-state index contributed by atoms with van der Waals surface area (Å²) in [5.41, 5.74) is -0.370. The zero-order valence-electron chi connectivity index (χ0n) is 9.77. The topological polar surface area (TPSA) is 21.3 Å². The van der Waals surface area contributed by atoms with E-state index in [-0.39, 0.29) is 10.6 Å². The van der Waals surface area contributed by atoms with E-state index < -0.39 is 11.7 Å². The molecule has 2 rings (SSSR count). The summed E-state index contributed by atoms with van der Waals surface area (Å²) >= 11 is 5.67. The van der Waals surface area contributed by atoms with Crippen molar-refractivity contribution >= 4 is 11.6 Å². The number of hydrogen-bond donors (Lipinski definition) is 1. The van der Waals surface area contributed by atoms with Gasteiger partial charge in [0.2, 0.25) is 0 Å². The minimum atomic E-state index is -4.41. The Morgan fingerprint density at radius 3 is 2.44 bits per heavy atom. The molecule has 0 radical (unpaired) electrons. The molecule has 0 aliphatic carbocycles. The highest BCUT2D eigenvalue weighted by Gasteiger charge is 2.38. The predicted octanol–water partition coefficient (Wildman–Crippen LogP) is 2.89. The first-order valence-corrected chi connectivity index (χ1v) is 5.86. The number of benzene rings is 1. The molecule has 2 nitrogen and oxygen atoms in total. The molecule has 0 saturated carbocycles. The van der Waals surface area contributed by atoms with Crippen molar-refractivity contribution in [2.45, 2.75) is 18.2 Å². The first-order chi connectivity index (χ1) is 8.36. The Hall–Kier alpha value is -0.780. The van der Waals surface area contributed by atoms with E-state index in [4.69, 9.17) is 16.3 Å². The van der Waals surface area contributed by atoms with E-state index in [2.05, 4.69) is 5.32 Å². The van der Waals surface area contributed by atoms with Crippen LogP contribution in [0.4, 0.5) is 13.2 Å². The van der Waals surface area contributed by atoms with Gasteiger partial charge in [0, 0.05) is 26.6 Å². The Kier molecular flexibility index (Phi) is 3.58. The van der Waals surface area contributed by atoms with Crippen molar-refractivity contribution < 1.29 is 17.9 Å². The van der Waals surface area contributed by atoms with Gasteiger partial charge in [-0.15, -0.1) is 0 Å². The zero-order chi connectivity index (χ0) is 13.4. The van der Waals surface area contributed by atoms with Crippen molar-refractivity contribution in [3.63, 3.8) is 0 Å². The summed E-state index contributed by atoms with van der Waals surface area (Å²) in [7, 11) is 1.60. The molecule has 6 heteroatoms. The van der Waals surface area contributed by atoms with E-state index in [1.807, 2.05) is 0 Å². The van der Waals surface area contributed by atoms with Crippen LogP contribution in [0.25, 0.3) is 0 Å². The molecular weight excluding hydrogens is 267 g/mol. The second-order valence-corrected chi connectivity index (χ2v) is 4.89. The lowest BCUT2D eigenvalue weighted by molar-refractivity contribution is -0.137. The quantitative estimate of drug-likeness (QED) is 0.919. The summed E-state index contributed by atoms with van der Waals surface area (Å²) in [5.74, 6) is 0. The van der Waals surface area contributed by atoms with Crippen LogP contribution in [0.1, 0.15) is 11.1 Å². The van der Waals surface area contributed by atoms with E-state index in [1.54, 1.807) is 7.11 Å². The second kappa shape index (κ2) is 4.72. The third-order valence-corrected chi connectivity index (χ3v) is 3.51. The van der Waals surface area contributed by atoms with E-state index in [0.29, 0.717) is 19.5 Å². The number of rotatable bonds is 3. The van der Waals surface area contributed by atoms with Crippen molar-refractivity contribution in [2.24, 2.45) is 0 Å². The van der Waals surface area contributed by atoms with Crippen molar-refractivity contribution in [3.05, 3.63) is 34.3 Å². The van der Waals surface area contributed by atoms with Crippen molar-refractivity contribution in [1.82, 2.24) is 5.32 Å². The lowest BCUT2D eigenvalue weighted by Gasteiger charge is -2.41. The standard InChI is InChI=1S/C12H13ClF3NO/c1-18-11(6-17-7-11)5-8-2-3-9(10(13)4-8)12(14,15)16/h2-4,17H,5-7H2,1H3. The molecule has 1 aliphatic rings. The van der Waals surface area contributed by atoms with Gasteiger partial charge in [0.05, 0.1) is 16.2 Å². The summed E-state index contributed by atoms with van der Waals surface area (Å²) in [4.78, 5) is 0. The molecule has 0 amide bonds. The normalized spacial score (nSPS) is 18.5. The van der Waals surface area contributed by atoms with Gasteiger partial charge in [-0.1, -0.05) is 17.7 Å². The Labute approximate surface area is 108 Å². The van der Waals surface area contributed by atoms with E-state index in [9.17, 15) is 13.2 Å². The fraction of sp³-hybridized carbons (Fsp3) is 0.500. The van der Waals surface area contributed by atoms with Gasteiger partial charge in [-0.25, -0.2) is 0 Å². The van der Waals surface area contributed by atoms with Gasteiger partial charge in [0.1, 0.15) is 0 Å². The molecule has 1 aliphatic heterocycles.